The summed E-state index contributed by atoms with van der Waals surface area (Å²) in [6.07, 6.45) is 6.28. The van der Waals surface area contributed by atoms with Crippen LogP contribution in [0.15, 0.2) is 77.9 Å². The Morgan fingerprint density at radius 1 is 1.16 bits per heavy atom. The van der Waals surface area contributed by atoms with Gasteiger partial charge < -0.3 is 15.4 Å². The molecule has 1 amide bonds. The smallest absolute Gasteiger partial charge is 0.252 e. The maximum Gasteiger partial charge on any atom is 0.252 e. The van der Waals surface area contributed by atoms with Gasteiger partial charge in [0.15, 0.2) is 0 Å². The summed E-state index contributed by atoms with van der Waals surface area (Å²) in [5.74, 6) is -0.0594. The fourth-order valence-corrected chi connectivity index (χ4v) is 3.64. The summed E-state index contributed by atoms with van der Waals surface area (Å²) in [6.45, 7) is 8.17. The van der Waals surface area contributed by atoms with E-state index in [0.29, 0.717) is 40.6 Å². The zero-order valence-electron chi connectivity index (χ0n) is 21.1. The quantitative estimate of drug-likeness (QED) is 0.228. The molecule has 8 heteroatoms. The van der Waals surface area contributed by atoms with Gasteiger partial charge in [0.05, 0.1) is 0 Å². The number of rotatable bonds is 11. The molecule has 192 valence electrons. The number of hydrogen-bond donors (Lipinski definition) is 2. The van der Waals surface area contributed by atoms with Gasteiger partial charge in [0.2, 0.25) is 0 Å². The van der Waals surface area contributed by atoms with E-state index >= 15 is 0 Å². The lowest BCUT2D eigenvalue weighted by atomic mass is 10.0. The first kappa shape index (κ1) is 27.3. The van der Waals surface area contributed by atoms with E-state index in [1.165, 1.54) is 12.1 Å². The molecule has 0 saturated heterocycles. The predicted octanol–water partition coefficient (Wildman–Crippen LogP) is 6.59. The molecule has 0 fully saturated rings. The fraction of sp³-hybridized carbons (Fsp3) is 0.207. The van der Waals surface area contributed by atoms with Crippen LogP contribution in [-0.2, 0) is 11.3 Å². The number of allylic oxidation sites excluding steroid dienone is 1. The molecule has 1 heterocycles. The first-order valence-corrected chi connectivity index (χ1v) is 11.8. The van der Waals surface area contributed by atoms with E-state index in [4.69, 9.17) is 4.74 Å². The monoisotopic (exact) mass is 504 g/mol. The first-order chi connectivity index (χ1) is 17.8. The number of aromatic nitrogens is 1. The van der Waals surface area contributed by atoms with Crippen LogP contribution in [0.5, 0.6) is 11.5 Å². The lowest BCUT2D eigenvalue weighted by Crippen LogP contribution is -2.15. The minimum Gasteiger partial charge on any atom is -0.457 e. The highest BCUT2D eigenvalue weighted by Gasteiger charge is 2.12. The zero-order valence-corrected chi connectivity index (χ0v) is 21.1. The average Bonchev–Trinajstić information content (AvgIpc) is 2.86. The number of carbonyl (C=O) groups is 1. The van der Waals surface area contributed by atoms with E-state index in [0.717, 1.165) is 23.6 Å². The molecule has 0 radical (unpaired) electrons. The second-order valence-corrected chi connectivity index (χ2v) is 8.32. The fourth-order valence-electron chi connectivity index (χ4n) is 3.64. The van der Waals surface area contributed by atoms with Gasteiger partial charge in [0.25, 0.3) is 5.91 Å². The molecule has 1 aromatic heterocycles. The van der Waals surface area contributed by atoms with E-state index < -0.39 is 11.6 Å². The van der Waals surface area contributed by atoms with Crippen molar-refractivity contribution in [3.63, 3.8) is 0 Å². The van der Waals surface area contributed by atoms with Crippen molar-refractivity contribution in [3.8, 4) is 11.5 Å². The van der Waals surface area contributed by atoms with Gasteiger partial charge in [0, 0.05) is 60.5 Å². The van der Waals surface area contributed by atoms with Crippen molar-refractivity contribution in [2.45, 2.75) is 33.2 Å². The van der Waals surface area contributed by atoms with Gasteiger partial charge >= 0.3 is 0 Å². The molecule has 0 atom stereocenters. The third-order valence-corrected chi connectivity index (χ3v) is 5.47. The number of ether oxygens (including phenoxy) is 1. The topological polar surface area (TPSA) is 75.6 Å². The van der Waals surface area contributed by atoms with E-state index in [2.05, 4.69) is 27.2 Å². The highest BCUT2D eigenvalue weighted by atomic mass is 19.1. The molecule has 0 spiro atoms. The van der Waals surface area contributed by atoms with Crippen LogP contribution < -0.4 is 15.4 Å². The number of hydrogen-bond acceptors (Lipinski definition) is 5. The maximum absolute atomic E-state index is 13.5. The Hall–Kier alpha value is -4.33. The molecule has 2 aromatic carbocycles. The third kappa shape index (κ3) is 7.83. The minimum absolute atomic E-state index is 0.212. The van der Waals surface area contributed by atoms with Crippen LogP contribution in [0.25, 0.3) is 5.70 Å². The van der Waals surface area contributed by atoms with Gasteiger partial charge in [-0.2, -0.15) is 0 Å². The number of nitrogens with zero attached hydrogens (tertiary/aromatic N) is 2. The number of nitrogens with one attached hydrogen (secondary N) is 2. The van der Waals surface area contributed by atoms with Crippen LogP contribution in [0.1, 0.15) is 36.5 Å². The van der Waals surface area contributed by atoms with Crippen molar-refractivity contribution >= 4 is 23.6 Å². The molecule has 2 N–H and O–H groups in total. The van der Waals surface area contributed by atoms with Crippen LogP contribution in [0.4, 0.5) is 14.6 Å². The number of amides is 1. The molecule has 37 heavy (non-hydrogen) atoms. The molecule has 6 nitrogen and oxygen atoms in total. The SMILES string of the molecule is C=C(NCc1cc(F)cc(F)c1)c1cccc(Oc2ccnc(NC(=O)/C(=C/C=NC)CCC)c2)c1C. The molecule has 3 aromatic rings. The van der Waals surface area contributed by atoms with Gasteiger partial charge in [0.1, 0.15) is 29.0 Å². The summed E-state index contributed by atoms with van der Waals surface area (Å²) < 4.78 is 33.1. The van der Waals surface area contributed by atoms with Crippen LogP contribution in [0.2, 0.25) is 0 Å². The van der Waals surface area contributed by atoms with E-state index in [1.54, 1.807) is 37.7 Å². The van der Waals surface area contributed by atoms with Gasteiger partial charge in [-0.05, 0) is 49.2 Å². The number of benzene rings is 2. The molecule has 0 aliphatic carbocycles. The molecular formula is C29H30F2N4O2. The molecule has 0 saturated carbocycles. The highest BCUT2D eigenvalue weighted by molar-refractivity contribution is 6.05. The summed E-state index contributed by atoms with van der Waals surface area (Å²) in [7, 11) is 1.65. The molecule has 3 rings (SSSR count). The maximum atomic E-state index is 13.5. The predicted molar refractivity (Wildman–Crippen MR) is 144 cm³/mol. The Bertz CT molecular complexity index is 1310. The Morgan fingerprint density at radius 2 is 1.92 bits per heavy atom. The number of pyridine rings is 1. The van der Waals surface area contributed by atoms with Gasteiger partial charge in [-0.1, -0.05) is 32.1 Å². The van der Waals surface area contributed by atoms with Crippen LogP contribution >= 0.6 is 0 Å². The number of halogens is 2. The molecule has 0 aliphatic rings. The molecule has 0 aliphatic heterocycles. The summed E-state index contributed by atoms with van der Waals surface area (Å²) in [4.78, 5) is 20.8. The Labute approximate surface area is 215 Å². The van der Waals surface area contributed by atoms with E-state index in [1.807, 2.05) is 32.0 Å². The summed E-state index contributed by atoms with van der Waals surface area (Å²) in [5, 5.41) is 5.92. The van der Waals surface area contributed by atoms with Crippen molar-refractivity contribution in [2.75, 3.05) is 12.4 Å². The van der Waals surface area contributed by atoms with Crippen molar-refractivity contribution in [1.82, 2.24) is 10.3 Å². The average molecular weight is 505 g/mol. The third-order valence-electron chi connectivity index (χ3n) is 5.47. The Morgan fingerprint density at radius 3 is 2.62 bits per heavy atom. The lowest BCUT2D eigenvalue weighted by molar-refractivity contribution is -0.113. The van der Waals surface area contributed by atoms with Gasteiger partial charge in [-0.15, -0.1) is 0 Å². The standard InChI is InChI=1S/C29H30F2N4O2/c1-5-7-22(10-12-32-4)29(36)35-28-17-25(11-13-33-28)37-27-9-6-8-26(19(27)2)20(3)34-18-21-14-23(30)16-24(31)15-21/h6,8-17,34H,3,5,7,18H2,1-2,4H3,(H,33,35,36)/b22-10+,32-12?. The van der Waals surface area contributed by atoms with E-state index in [-0.39, 0.29) is 12.5 Å². The number of aliphatic imine (C=N–C) groups is 1. The van der Waals surface area contributed by atoms with Crippen LogP contribution in [0.3, 0.4) is 0 Å². The van der Waals surface area contributed by atoms with Crippen molar-refractivity contribution < 1.29 is 18.3 Å². The lowest BCUT2D eigenvalue weighted by Gasteiger charge is -2.16. The minimum atomic E-state index is -0.630. The number of anilines is 1. The Balaban J connectivity index is 1.71. The van der Waals surface area contributed by atoms with Gasteiger partial charge in [-0.25, -0.2) is 13.8 Å². The Kier molecular flexibility index (Phi) is 9.66. The summed E-state index contributed by atoms with van der Waals surface area (Å²) >= 11 is 0. The zero-order chi connectivity index (χ0) is 26.8. The molecule has 0 unspecified atom stereocenters. The molecule has 0 bridgehead atoms. The second-order valence-electron chi connectivity index (χ2n) is 8.32. The normalized spacial score (nSPS) is 11.4. The van der Waals surface area contributed by atoms with Crippen LogP contribution in [0, 0.1) is 18.6 Å². The van der Waals surface area contributed by atoms with Crippen molar-refractivity contribution in [1.29, 1.82) is 0 Å². The van der Waals surface area contributed by atoms with Crippen LogP contribution in [-0.4, -0.2) is 24.2 Å². The summed E-state index contributed by atoms with van der Waals surface area (Å²) in [6, 6.07) is 12.2. The molecular weight excluding hydrogens is 474 g/mol. The second kappa shape index (κ2) is 13.1. The largest absolute Gasteiger partial charge is 0.457 e. The highest BCUT2D eigenvalue weighted by Crippen LogP contribution is 2.30. The van der Waals surface area contributed by atoms with Crippen molar-refractivity contribution in [2.24, 2.45) is 4.99 Å². The summed E-state index contributed by atoms with van der Waals surface area (Å²) in [5.41, 5.74) is 3.27. The number of carbonyl (C=O) groups excluding carboxylic acids is 1. The van der Waals surface area contributed by atoms with Crippen molar-refractivity contribution in [3.05, 3.63) is 101 Å². The van der Waals surface area contributed by atoms with Gasteiger partial charge in [-0.3, -0.25) is 9.79 Å². The van der Waals surface area contributed by atoms with E-state index in [9.17, 15) is 13.6 Å². The first-order valence-electron chi connectivity index (χ1n) is 11.8.